The van der Waals surface area contributed by atoms with Crippen LogP contribution in [0.15, 0.2) is 48.9 Å². The highest BCUT2D eigenvalue weighted by Gasteiger charge is 2.30. The van der Waals surface area contributed by atoms with E-state index in [0.717, 1.165) is 23.3 Å². The summed E-state index contributed by atoms with van der Waals surface area (Å²) in [5, 5.41) is 0. The Hall–Kier alpha value is -3.05. The summed E-state index contributed by atoms with van der Waals surface area (Å²) < 4.78 is 64.9. The molecule has 0 N–H and O–H groups in total. The predicted molar refractivity (Wildman–Crippen MR) is 124 cm³/mol. The fraction of sp³-hybridized carbons (Fsp3) is 0.348. The van der Waals surface area contributed by atoms with Crippen LogP contribution in [-0.4, -0.2) is 59.6 Å². The number of rotatable bonds is 5. The number of aromatic nitrogens is 3. The number of sulfonamides is 1. The van der Waals surface area contributed by atoms with Crippen LogP contribution in [0.2, 0.25) is 0 Å². The normalized spacial score (nSPS) is 15.5. The predicted octanol–water partition coefficient (Wildman–Crippen LogP) is 4.00. The van der Waals surface area contributed by atoms with Crippen molar-refractivity contribution in [3.63, 3.8) is 0 Å². The summed E-state index contributed by atoms with van der Waals surface area (Å²) in [7, 11) is -3.26. The van der Waals surface area contributed by atoms with E-state index in [9.17, 15) is 21.6 Å². The van der Waals surface area contributed by atoms with Gasteiger partial charge in [-0.05, 0) is 37.6 Å². The Labute approximate surface area is 196 Å². The van der Waals surface area contributed by atoms with E-state index in [4.69, 9.17) is 4.98 Å². The molecule has 0 bridgehead atoms. The Balaban J connectivity index is 1.71. The fourth-order valence-corrected chi connectivity index (χ4v) is 4.95. The molecule has 1 saturated heterocycles. The third-order valence-electron chi connectivity index (χ3n) is 5.84. The molecule has 0 spiro atoms. The molecule has 1 fully saturated rings. The average molecular weight is 492 g/mol. The van der Waals surface area contributed by atoms with Crippen molar-refractivity contribution in [1.82, 2.24) is 19.3 Å². The van der Waals surface area contributed by atoms with Crippen LogP contribution < -0.4 is 4.90 Å². The van der Waals surface area contributed by atoms with E-state index in [1.54, 1.807) is 31.6 Å². The van der Waals surface area contributed by atoms with Crippen molar-refractivity contribution in [2.24, 2.45) is 0 Å². The number of benzene rings is 1. The van der Waals surface area contributed by atoms with Crippen molar-refractivity contribution >= 4 is 15.8 Å². The second kappa shape index (κ2) is 9.30. The number of nitrogens with zero attached hydrogens (tertiary/aromatic N) is 5. The van der Waals surface area contributed by atoms with E-state index in [2.05, 4.69) is 9.97 Å². The summed E-state index contributed by atoms with van der Waals surface area (Å²) in [4.78, 5) is 15.5. The van der Waals surface area contributed by atoms with Gasteiger partial charge in [0.2, 0.25) is 10.0 Å². The van der Waals surface area contributed by atoms with Crippen LogP contribution in [0.25, 0.3) is 22.5 Å². The standard InChI is InChI=1S/C23H24F3N5O2S/c1-3-34(32,33)31-12-10-30(11-13-31)20-15-28-21(17-4-6-18(7-5-17)23(24,25)26)22(29-20)19-8-9-27-14-16(19)2/h4-9,14-15H,3,10-13H2,1-2H3. The Morgan fingerprint density at radius 1 is 0.971 bits per heavy atom. The quantitative estimate of drug-likeness (QED) is 0.537. The van der Waals surface area contributed by atoms with Gasteiger partial charge in [-0.3, -0.25) is 9.97 Å². The lowest BCUT2D eigenvalue weighted by Crippen LogP contribution is -2.49. The summed E-state index contributed by atoms with van der Waals surface area (Å²) in [6, 6.07) is 6.63. The van der Waals surface area contributed by atoms with Gasteiger partial charge in [-0.1, -0.05) is 12.1 Å². The highest BCUT2D eigenvalue weighted by molar-refractivity contribution is 7.89. The topological polar surface area (TPSA) is 79.3 Å². The zero-order chi connectivity index (χ0) is 24.5. The van der Waals surface area contributed by atoms with Crippen molar-refractivity contribution in [1.29, 1.82) is 0 Å². The van der Waals surface area contributed by atoms with E-state index in [0.29, 0.717) is 48.9 Å². The Bertz CT molecular complexity index is 1270. The van der Waals surface area contributed by atoms with Crippen LogP contribution in [0.3, 0.4) is 0 Å². The first-order valence-corrected chi connectivity index (χ1v) is 12.4. The fourth-order valence-electron chi connectivity index (χ4n) is 3.87. The Morgan fingerprint density at radius 2 is 1.65 bits per heavy atom. The molecule has 7 nitrogen and oxygen atoms in total. The van der Waals surface area contributed by atoms with Crippen LogP contribution in [0.1, 0.15) is 18.1 Å². The molecule has 1 aliphatic heterocycles. The number of halogens is 3. The van der Waals surface area contributed by atoms with Crippen molar-refractivity contribution in [2.45, 2.75) is 20.0 Å². The number of piperazine rings is 1. The van der Waals surface area contributed by atoms with Crippen LogP contribution in [-0.2, 0) is 16.2 Å². The van der Waals surface area contributed by atoms with E-state index in [1.807, 2.05) is 11.8 Å². The molecule has 0 unspecified atom stereocenters. The third-order valence-corrected chi connectivity index (χ3v) is 7.72. The molecule has 4 rings (SSSR count). The van der Waals surface area contributed by atoms with Gasteiger partial charge in [0.05, 0.1) is 28.9 Å². The summed E-state index contributed by atoms with van der Waals surface area (Å²) in [5.74, 6) is 0.635. The molecule has 0 amide bonds. The first-order valence-electron chi connectivity index (χ1n) is 10.8. The lowest BCUT2D eigenvalue weighted by atomic mass is 10.0. The lowest BCUT2D eigenvalue weighted by molar-refractivity contribution is -0.137. The van der Waals surface area contributed by atoms with Gasteiger partial charge in [-0.25, -0.2) is 13.4 Å². The molecule has 180 valence electrons. The molecule has 3 heterocycles. The second-order valence-electron chi connectivity index (χ2n) is 7.98. The molecule has 1 aromatic carbocycles. The highest BCUT2D eigenvalue weighted by Crippen LogP contribution is 2.35. The van der Waals surface area contributed by atoms with Crippen molar-refractivity contribution < 1.29 is 21.6 Å². The zero-order valence-corrected chi connectivity index (χ0v) is 19.6. The van der Waals surface area contributed by atoms with E-state index in [-0.39, 0.29) is 5.75 Å². The lowest BCUT2D eigenvalue weighted by Gasteiger charge is -2.34. The SMILES string of the molecule is CCS(=O)(=O)N1CCN(c2cnc(-c3ccc(C(F)(F)F)cc3)c(-c3ccncc3C)n2)CC1. The van der Waals surface area contributed by atoms with E-state index < -0.39 is 21.8 Å². The molecule has 34 heavy (non-hydrogen) atoms. The van der Waals surface area contributed by atoms with Crippen LogP contribution >= 0.6 is 0 Å². The van der Waals surface area contributed by atoms with Gasteiger partial charge in [-0.2, -0.15) is 17.5 Å². The Morgan fingerprint density at radius 3 is 2.24 bits per heavy atom. The maximum Gasteiger partial charge on any atom is 0.416 e. The zero-order valence-electron chi connectivity index (χ0n) is 18.7. The summed E-state index contributed by atoms with van der Waals surface area (Å²) in [5.41, 5.74) is 2.38. The molecule has 2 aromatic heterocycles. The van der Waals surface area contributed by atoms with Crippen molar-refractivity contribution in [2.75, 3.05) is 36.8 Å². The monoisotopic (exact) mass is 491 g/mol. The first kappa shape index (κ1) is 24.1. The first-order chi connectivity index (χ1) is 16.1. The maximum atomic E-state index is 13.0. The molecule has 0 radical (unpaired) electrons. The molecule has 0 saturated carbocycles. The number of alkyl halides is 3. The van der Waals surface area contributed by atoms with Gasteiger partial charge in [0.15, 0.2) is 0 Å². The minimum atomic E-state index is -4.42. The van der Waals surface area contributed by atoms with E-state index >= 15 is 0 Å². The van der Waals surface area contributed by atoms with Crippen molar-refractivity contribution in [3.05, 3.63) is 60.0 Å². The maximum absolute atomic E-state index is 13.0. The number of pyridine rings is 1. The molecular formula is C23H24F3N5O2S. The van der Waals surface area contributed by atoms with Gasteiger partial charge < -0.3 is 4.90 Å². The van der Waals surface area contributed by atoms with Gasteiger partial charge >= 0.3 is 6.18 Å². The van der Waals surface area contributed by atoms with Gasteiger partial charge in [0.1, 0.15) is 5.82 Å². The molecular weight excluding hydrogens is 467 g/mol. The van der Waals surface area contributed by atoms with Gasteiger partial charge in [-0.15, -0.1) is 0 Å². The summed E-state index contributed by atoms with van der Waals surface area (Å²) in [6.45, 7) is 5.12. The van der Waals surface area contributed by atoms with Gasteiger partial charge in [0.25, 0.3) is 0 Å². The number of hydrogen-bond acceptors (Lipinski definition) is 6. The molecule has 11 heteroatoms. The van der Waals surface area contributed by atoms with Crippen LogP contribution in [0.4, 0.5) is 19.0 Å². The number of hydrogen-bond donors (Lipinski definition) is 0. The Kier molecular flexibility index (Phi) is 6.59. The smallest absolute Gasteiger partial charge is 0.353 e. The van der Waals surface area contributed by atoms with Crippen molar-refractivity contribution in [3.8, 4) is 22.5 Å². The van der Waals surface area contributed by atoms with Crippen LogP contribution in [0.5, 0.6) is 0 Å². The second-order valence-corrected chi connectivity index (χ2v) is 10.2. The van der Waals surface area contributed by atoms with E-state index in [1.165, 1.54) is 16.4 Å². The molecule has 0 atom stereocenters. The molecule has 0 aliphatic carbocycles. The minimum Gasteiger partial charge on any atom is -0.353 e. The molecule has 3 aromatic rings. The molecule has 1 aliphatic rings. The minimum absolute atomic E-state index is 0.0557. The van der Waals surface area contributed by atoms with Gasteiger partial charge in [0, 0.05) is 49.7 Å². The average Bonchev–Trinajstić information content (AvgIpc) is 2.84. The van der Waals surface area contributed by atoms with Crippen LogP contribution in [0, 0.1) is 6.92 Å². The number of anilines is 1. The summed E-state index contributed by atoms with van der Waals surface area (Å²) >= 11 is 0. The highest BCUT2D eigenvalue weighted by atomic mass is 32.2. The number of aryl methyl sites for hydroxylation is 1. The largest absolute Gasteiger partial charge is 0.416 e. The third kappa shape index (κ3) is 4.90. The summed E-state index contributed by atoms with van der Waals surface area (Å²) in [6.07, 6.45) is 0.471.